The summed E-state index contributed by atoms with van der Waals surface area (Å²) in [5, 5.41) is 12.3. The molecule has 0 saturated carbocycles. The van der Waals surface area contributed by atoms with Gasteiger partial charge in [0.15, 0.2) is 0 Å². The quantitative estimate of drug-likeness (QED) is 0.649. The molecule has 0 aliphatic rings. The highest BCUT2D eigenvalue weighted by atomic mass is 16.5. The Kier molecular flexibility index (Phi) is 6.03. The van der Waals surface area contributed by atoms with E-state index in [1.807, 2.05) is 39.0 Å². The Morgan fingerprint density at radius 1 is 1.00 bits per heavy atom. The van der Waals surface area contributed by atoms with Crippen LogP contribution in [-0.2, 0) is 4.79 Å². The van der Waals surface area contributed by atoms with E-state index in [1.54, 1.807) is 32.4 Å². The standard InChI is InChI=1S/C21H22N2O3/c1-13-6-14(2)20(15(3)7-13)23-21(24)17(12-22)8-16-9-18(25-4)11-19(10-16)26-5/h6-11H,1-5H3,(H,23,24)/b17-8+. The van der Waals surface area contributed by atoms with Crippen molar-refractivity contribution in [2.24, 2.45) is 0 Å². The molecule has 1 N–H and O–H groups in total. The summed E-state index contributed by atoms with van der Waals surface area (Å²) < 4.78 is 10.4. The van der Waals surface area contributed by atoms with Crippen molar-refractivity contribution in [2.75, 3.05) is 19.5 Å². The summed E-state index contributed by atoms with van der Waals surface area (Å²) in [6.07, 6.45) is 1.51. The smallest absolute Gasteiger partial charge is 0.266 e. The van der Waals surface area contributed by atoms with Crippen molar-refractivity contribution in [3.8, 4) is 17.6 Å². The van der Waals surface area contributed by atoms with Crippen LogP contribution >= 0.6 is 0 Å². The molecule has 0 aromatic heterocycles. The molecule has 5 nitrogen and oxygen atoms in total. The third kappa shape index (κ3) is 4.42. The molecule has 0 aliphatic carbocycles. The number of ether oxygens (including phenoxy) is 2. The first-order valence-corrected chi connectivity index (χ1v) is 8.12. The van der Waals surface area contributed by atoms with Crippen molar-refractivity contribution in [2.45, 2.75) is 20.8 Å². The van der Waals surface area contributed by atoms with Crippen molar-refractivity contribution < 1.29 is 14.3 Å². The van der Waals surface area contributed by atoms with E-state index in [0.29, 0.717) is 17.1 Å². The van der Waals surface area contributed by atoms with Gasteiger partial charge in [0, 0.05) is 11.8 Å². The molecule has 0 spiro atoms. The molecule has 1 amide bonds. The number of nitrogens with one attached hydrogen (secondary N) is 1. The lowest BCUT2D eigenvalue weighted by Crippen LogP contribution is -2.15. The van der Waals surface area contributed by atoms with Gasteiger partial charge in [0.1, 0.15) is 23.1 Å². The summed E-state index contributed by atoms with van der Waals surface area (Å²) in [6, 6.07) is 11.1. The van der Waals surface area contributed by atoms with Crippen LogP contribution in [0.25, 0.3) is 6.08 Å². The number of methoxy groups -OCH3 is 2. The topological polar surface area (TPSA) is 71.3 Å². The highest BCUT2D eigenvalue weighted by Gasteiger charge is 2.13. The van der Waals surface area contributed by atoms with Crippen LogP contribution in [-0.4, -0.2) is 20.1 Å². The zero-order chi connectivity index (χ0) is 19.3. The second-order valence-electron chi connectivity index (χ2n) is 6.04. The molecule has 2 aromatic carbocycles. The van der Waals surface area contributed by atoms with Gasteiger partial charge in [-0.2, -0.15) is 5.26 Å². The summed E-state index contributed by atoms with van der Waals surface area (Å²) in [5.74, 6) is 0.710. The van der Waals surface area contributed by atoms with Gasteiger partial charge in [-0.15, -0.1) is 0 Å². The minimum Gasteiger partial charge on any atom is -0.497 e. The van der Waals surface area contributed by atoms with Gasteiger partial charge in [0.05, 0.1) is 14.2 Å². The molecule has 0 unspecified atom stereocenters. The van der Waals surface area contributed by atoms with Gasteiger partial charge in [-0.3, -0.25) is 4.79 Å². The van der Waals surface area contributed by atoms with Gasteiger partial charge in [0.25, 0.3) is 5.91 Å². The normalized spacial score (nSPS) is 10.8. The zero-order valence-electron chi connectivity index (χ0n) is 15.6. The Morgan fingerprint density at radius 3 is 2.00 bits per heavy atom. The summed E-state index contributed by atoms with van der Waals surface area (Å²) in [7, 11) is 3.09. The molecule has 0 aliphatic heterocycles. The van der Waals surface area contributed by atoms with Gasteiger partial charge < -0.3 is 14.8 Å². The number of hydrogen-bond donors (Lipinski definition) is 1. The van der Waals surface area contributed by atoms with E-state index in [4.69, 9.17) is 9.47 Å². The van der Waals surface area contributed by atoms with E-state index >= 15 is 0 Å². The Labute approximate surface area is 153 Å². The van der Waals surface area contributed by atoms with Crippen LogP contribution in [0.5, 0.6) is 11.5 Å². The first-order valence-electron chi connectivity index (χ1n) is 8.12. The summed E-state index contributed by atoms with van der Waals surface area (Å²) >= 11 is 0. The molecular weight excluding hydrogens is 328 g/mol. The molecule has 5 heteroatoms. The fourth-order valence-electron chi connectivity index (χ4n) is 2.79. The number of nitriles is 1. The highest BCUT2D eigenvalue weighted by molar-refractivity contribution is 6.10. The predicted molar refractivity (Wildman–Crippen MR) is 102 cm³/mol. The number of carbonyl (C=O) groups is 1. The first kappa shape index (κ1) is 19.1. The molecule has 26 heavy (non-hydrogen) atoms. The van der Waals surface area contributed by atoms with Gasteiger partial charge in [-0.05, 0) is 55.7 Å². The maximum atomic E-state index is 12.6. The SMILES string of the molecule is COc1cc(/C=C(\C#N)C(=O)Nc2c(C)cc(C)cc2C)cc(OC)c1. The molecule has 0 radical (unpaired) electrons. The van der Waals surface area contributed by atoms with E-state index in [-0.39, 0.29) is 5.57 Å². The molecule has 0 saturated heterocycles. The monoisotopic (exact) mass is 350 g/mol. The minimum absolute atomic E-state index is 0.000295. The van der Waals surface area contributed by atoms with Gasteiger partial charge in [-0.25, -0.2) is 0 Å². The van der Waals surface area contributed by atoms with Crippen molar-refractivity contribution in [3.05, 3.63) is 58.2 Å². The number of amides is 1. The van der Waals surface area contributed by atoms with E-state index in [1.165, 1.54) is 6.08 Å². The molecule has 0 fully saturated rings. The number of rotatable bonds is 5. The minimum atomic E-state index is -0.454. The molecule has 0 atom stereocenters. The zero-order valence-corrected chi connectivity index (χ0v) is 15.6. The molecule has 2 rings (SSSR count). The fourth-order valence-corrected chi connectivity index (χ4v) is 2.79. The Hall–Kier alpha value is -3.26. The maximum absolute atomic E-state index is 12.6. The summed E-state index contributed by atoms with van der Waals surface area (Å²) in [5.41, 5.74) is 4.40. The van der Waals surface area contributed by atoms with E-state index in [2.05, 4.69) is 5.32 Å². The number of nitrogens with zero attached hydrogens (tertiary/aromatic N) is 1. The van der Waals surface area contributed by atoms with Crippen LogP contribution in [0, 0.1) is 32.1 Å². The Bertz CT molecular complexity index is 863. The number of carbonyl (C=O) groups excluding carboxylic acids is 1. The average molecular weight is 350 g/mol. The number of anilines is 1. The maximum Gasteiger partial charge on any atom is 0.266 e. The van der Waals surface area contributed by atoms with Crippen molar-refractivity contribution in [1.82, 2.24) is 0 Å². The second-order valence-corrected chi connectivity index (χ2v) is 6.04. The lowest BCUT2D eigenvalue weighted by Gasteiger charge is -2.12. The Balaban J connectivity index is 2.35. The van der Waals surface area contributed by atoms with Crippen molar-refractivity contribution in [3.63, 3.8) is 0 Å². The van der Waals surface area contributed by atoms with Crippen LogP contribution in [0.3, 0.4) is 0 Å². The van der Waals surface area contributed by atoms with Crippen LogP contribution in [0.1, 0.15) is 22.3 Å². The predicted octanol–water partition coefficient (Wildman–Crippen LogP) is 4.17. The van der Waals surface area contributed by atoms with E-state index in [9.17, 15) is 10.1 Å². The average Bonchev–Trinajstić information content (AvgIpc) is 2.61. The highest BCUT2D eigenvalue weighted by Crippen LogP contribution is 2.25. The lowest BCUT2D eigenvalue weighted by molar-refractivity contribution is -0.112. The molecule has 0 bridgehead atoms. The third-order valence-corrected chi connectivity index (χ3v) is 3.97. The first-order chi connectivity index (χ1) is 12.4. The number of benzene rings is 2. The van der Waals surface area contributed by atoms with Crippen molar-refractivity contribution >= 4 is 17.7 Å². The largest absolute Gasteiger partial charge is 0.497 e. The number of aryl methyl sites for hydroxylation is 3. The molecular formula is C21H22N2O3. The molecule has 2 aromatic rings. The van der Waals surface area contributed by atoms with Crippen LogP contribution in [0.4, 0.5) is 5.69 Å². The Morgan fingerprint density at radius 2 is 1.54 bits per heavy atom. The van der Waals surface area contributed by atoms with Gasteiger partial charge in [0.2, 0.25) is 0 Å². The van der Waals surface area contributed by atoms with Gasteiger partial charge in [-0.1, -0.05) is 17.7 Å². The van der Waals surface area contributed by atoms with Gasteiger partial charge >= 0.3 is 0 Å². The van der Waals surface area contributed by atoms with Crippen LogP contribution in [0.2, 0.25) is 0 Å². The van der Waals surface area contributed by atoms with E-state index in [0.717, 1.165) is 22.4 Å². The van der Waals surface area contributed by atoms with Crippen LogP contribution in [0.15, 0.2) is 35.9 Å². The summed E-state index contributed by atoms with van der Waals surface area (Å²) in [4.78, 5) is 12.6. The van der Waals surface area contributed by atoms with Crippen LogP contribution < -0.4 is 14.8 Å². The lowest BCUT2D eigenvalue weighted by atomic mass is 10.0. The second kappa shape index (κ2) is 8.21. The number of hydrogen-bond acceptors (Lipinski definition) is 4. The third-order valence-electron chi connectivity index (χ3n) is 3.97. The van der Waals surface area contributed by atoms with E-state index < -0.39 is 5.91 Å². The molecule has 134 valence electrons. The summed E-state index contributed by atoms with van der Waals surface area (Å²) in [6.45, 7) is 5.86. The fraction of sp³-hybridized carbons (Fsp3) is 0.238. The van der Waals surface area contributed by atoms with Crippen molar-refractivity contribution in [1.29, 1.82) is 5.26 Å². The molecule has 0 heterocycles.